The second kappa shape index (κ2) is 6.84. The predicted octanol–water partition coefficient (Wildman–Crippen LogP) is 2.27. The van der Waals surface area contributed by atoms with E-state index in [4.69, 9.17) is 9.47 Å². The molecule has 0 bridgehead atoms. The Bertz CT molecular complexity index is 242. The summed E-state index contributed by atoms with van der Waals surface area (Å²) in [5.74, 6) is -0.0446. The molecule has 0 heterocycles. The number of aliphatic hydroxyl groups is 1. The van der Waals surface area contributed by atoms with Crippen molar-refractivity contribution in [3.8, 4) is 0 Å². The van der Waals surface area contributed by atoms with Gasteiger partial charge in [-0.25, -0.2) is 0 Å². The van der Waals surface area contributed by atoms with E-state index in [2.05, 4.69) is 12.7 Å². The van der Waals surface area contributed by atoms with E-state index in [0.717, 1.165) is 18.4 Å². The summed E-state index contributed by atoms with van der Waals surface area (Å²) in [6, 6.07) is 0. The largest absolute Gasteiger partial charge is 0.392 e. The Morgan fingerprint density at radius 2 is 2.06 bits per heavy atom. The lowest BCUT2D eigenvalue weighted by Crippen LogP contribution is -2.31. The molecule has 0 aromatic rings. The molecule has 0 aromatic heterocycles. The highest BCUT2D eigenvalue weighted by Gasteiger charge is 2.27. The van der Waals surface area contributed by atoms with Crippen LogP contribution in [0.4, 0.5) is 0 Å². The van der Waals surface area contributed by atoms with Gasteiger partial charge in [0, 0.05) is 19.1 Å². The van der Waals surface area contributed by atoms with Crippen LogP contribution in [0, 0.1) is 5.92 Å². The number of hydrogen-bond acceptors (Lipinski definition) is 3. The van der Waals surface area contributed by atoms with Crippen molar-refractivity contribution in [2.75, 3.05) is 13.2 Å². The molecule has 0 saturated heterocycles. The fourth-order valence-electron chi connectivity index (χ4n) is 1.91. The Morgan fingerprint density at radius 1 is 1.44 bits per heavy atom. The molecule has 1 rings (SSSR count). The van der Waals surface area contributed by atoms with Crippen LogP contribution >= 0.6 is 0 Å². The topological polar surface area (TPSA) is 38.7 Å². The van der Waals surface area contributed by atoms with Gasteiger partial charge >= 0.3 is 0 Å². The van der Waals surface area contributed by atoms with Gasteiger partial charge in [0.25, 0.3) is 0 Å². The van der Waals surface area contributed by atoms with E-state index < -0.39 is 6.29 Å². The first kappa shape index (κ1) is 13.4. The van der Waals surface area contributed by atoms with Gasteiger partial charge in [-0.1, -0.05) is 18.7 Å². The quantitative estimate of drug-likeness (QED) is 0.558. The molecule has 0 aromatic carbocycles. The number of ether oxygens (including phenoxy) is 2. The zero-order chi connectivity index (χ0) is 12.0. The van der Waals surface area contributed by atoms with Crippen LogP contribution in [0.15, 0.2) is 24.3 Å². The Kier molecular flexibility index (Phi) is 5.74. The van der Waals surface area contributed by atoms with Crippen molar-refractivity contribution in [1.82, 2.24) is 0 Å². The molecule has 1 aliphatic carbocycles. The van der Waals surface area contributed by atoms with E-state index in [1.807, 2.05) is 19.9 Å². The maximum Gasteiger partial charge on any atom is 0.180 e. The lowest BCUT2D eigenvalue weighted by atomic mass is 9.87. The van der Waals surface area contributed by atoms with Crippen LogP contribution in [-0.2, 0) is 9.47 Å². The molecule has 1 aliphatic rings. The first-order valence-electron chi connectivity index (χ1n) is 5.97. The molecule has 2 unspecified atom stereocenters. The molecule has 3 heteroatoms. The van der Waals surface area contributed by atoms with Crippen molar-refractivity contribution in [2.45, 2.75) is 39.1 Å². The highest BCUT2D eigenvalue weighted by Crippen LogP contribution is 2.27. The molecular weight excluding hydrogens is 204 g/mol. The van der Waals surface area contributed by atoms with Crippen LogP contribution in [0.25, 0.3) is 0 Å². The number of rotatable bonds is 6. The first-order chi connectivity index (χ1) is 7.70. The third-order valence-corrected chi connectivity index (χ3v) is 2.75. The molecule has 2 atom stereocenters. The molecule has 0 spiro atoms. The summed E-state index contributed by atoms with van der Waals surface area (Å²) < 4.78 is 11.0. The lowest BCUT2D eigenvalue weighted by molar-refractivity contribution is -0.117. The summed E-state index contributed by atoms with van der Waals surface area (Å²) in [5, 5.41) is 9.90. The molecule has 3 nitrogen and oxygen atoms in total. The highest BCUT2D eigenvalue weighted by molar-refractivity contribution is 5.16. The van der Waals surface area contributed by atoms with Gasteiger partial charge in [0.2, 0.25) is 0 Å². The molecule has 16 heavy (non-hydrogen) atoms. The maximum atomic E-state index is 9.90. The fraction of sp³-hybridized carbons (Fsp3) is 0.692. The molecule has 0 fully saturated rings. The van der Waals surface area contributed by atoms with Crippen LogP contribution in [0.1, 0.15) is 26.7 Å². The zero-order valence-corrected chi connectivity index (χ0v) is 10.2. The second-order valence-electron chi connectivity index (χ2n) is 3.92. The van der Waals surface area contributed by atoms with Gasteiger partial charge in [0.05, 0.1) is 6.10 Å². The Balaban J connectivity index is 2.64. The van der Waals surface area contributed by atoms with E-state index in [0.29, 0.717) is 13.2 Å². The second-order valence-corrected chi connectivity index (χ2v) is 3.92. The van der Waals surface area contributed by atoms with Gasteiger partial charge in [-0.3, -0.25) is 0 Å². The van der Waals surface area contributed by atoms with Gasteiger partial charge in [-0.05, 0) is 32.3 Å². The summed E-state index contributed by atoms with van der Waals surface area (Å²) in [5.41, 5.74) is 0.812. The standard InChI is InChI=1S/C13H22O3/c1-4-15-13(16-5-2)10(3)11-8-6-7-9-12(11)14/h6,8,11-14H,3-5,7,9H2,1-2H3. The van der Waals surface area contributed by atoms with E-state index in [1.54, 1.807) is 0 Å². The monoisotopic (exact) mass is 226 g/mol. The molecule has 0 saturated carbocycles. The average molecular weight is 226 g/mol. The first-order valence-corrected chi connectivity index (χ1v) is 5.97. The minimum atomic E-state index is -0.405. The van der Waals surface area contributed by atoms with Gasteiger partial charge in [-0.15, -0.1) is 0 Å². The van der Waals surface area contributed by atoms with E-state index in [1.165, 1.54) is 0 Å². The molecule has 0 amide bonds. The van der Waals surface area contributed by atoms with Crippen LogP contribution in [0.2, 0.25) is 0 Å². The van der Waals surface area contributed by atoms with Crippen molar-refractivity contribution in [3.63, 3.8) is 0 Å². The van der Waals surface area contributed by atoms with Crippen molar-refractivity contribution in [2.24, 2.45) is 5.92 Å². The van der Waals surface area contributed by atoms with E-state index >= 15 is 0 Å². The molecular formula is C13H22O3. The number of hydrogen-bond donors (Lipinski definition) is 1. The normalized spacial score (nSPS) is 25.0. The number of aliphatic hydroxyl groups excluding tert-OH is 1. The van der Waals surface area contributed by atoms with Crippen LogP contribution in [0.5, 0.6) is 0 Å². The summed E-state index contributed by atoms with van der Waals surface area (Å²) in [7, 11) is 0. The Labute approximate surface area is 97.8 Å². The molecule has 0 radical (unpaired) electrons. The molecule has 92 valence electrons. The van der Waals surface area contributed by atoms with Gasteiger partial charge in [0.1, 0.15) is 0 Å². The molecule has 1 N–H and O–H groups in total. The van der Waals surface area contributed by atoms with Gasteiger partial charge < -0.3 is 14.6 Å². The summed E-state index contributed by atoms with van der Waals surface area (Å²) in [6.45, 7) is 9.01. The molecule has 0 aliphatic heterocycles. The van der Waals surface area contributed by atoms with E-state index in [9.17, 15) is 5.11 Å². The van der Waals surface area contributed by atoms with Gasteiger partial charge in [0.15, 0.2) is 6.29 Å². The van der Waals surface area contributed by atoms with Crippen molar-refractivity contribution in [1.29, 1.82) is 0 Å². The summed E-state index contributed by atoms with van der Waals surface area (Å²) >= 11 is 0. The van der Waals surface area contributed by atoms with Crippen LogP contribution in [-0.4, -0.2) is 30.7 Å². The average Bonchev–Trinajstić information content (AvgIpc) is 2.28. The summed E-state index contributed by atoms with van der Waals surface area (Å²) in [4.78, 5) is 0. The minimum absolute atomic E-state index is 0.0446. The third kappa shape index (κ3) is 3.44. The maximum absolute atomic E-state index is 9.90. The Hall–Kier alpha value is -0.640. The van der Waals surface area contributed by atoms with Crippen molar-refractivity contribution < 1.29 is 14.6 Å². The zero-order valence-electron chi connectivity index (χ0n) is 10.2. The SMILES string of the molecule is C=C(C(OCC)OCC)C1C=CCCC1O. The lowest BCUT2D eigenvalue weighted by Gasteiger charge is -2.29. The van der Waals surface area contributed by atoms with Crippen LogP contribution in [0.3, 0.4) is 0 Å². The smallest absolute Gasteiger partial charge is 0.180 e. The van der Waals surface area contributed by atoms with E-state index in [-0.39, 0.29) is 12.0 Å². The van der Waals surface area contributed by atoms with Crippen molar-refractivity contribution >= 4 is 0 Å². The minimum Gasteiger partial charge on any atom is -0.392 e. The fourth-order valence-corrected chi connectivity index (χ4v) is 1.91. The van der Waals surface area contributed by atoms with Gasteiger partial charge in [-0.2, -0.15) is 0 Å². The summed E-state index contributed by atoms with van der Waals surface area (Å²) in [6.07, 6.45) is 5.03. The number of allylic oxidation sites excluding steroid dienone is 1. The predicted molar refractivity (Wildman–Crippen MR) is 64.1 cm³/mol. The Morgan fingerprint density at radius 3 is 2.56 bits per heavy atom. The van der Waals surface area contributed by atoms with Crippen LogP contribution < -0.4 is 0 Å². The highest BCUT2D eigenvalue weighted by atomic mass is 16.7. The third-order valence-electron chi connectivity index (χ3n) is 2.75. The van der Waals surface area contributed by atoms with Crippen molar-refractivity contribution in [3.05, 3.63) is 24.3 Å².